The summed E-state index contributed by atoms with van der Waals surface area (Å²) in [5, 5.41) is 12.8. The molecule has 1 aliphatic carbocycles. The van der Waals surface area contributed by atoms with E-state index < -0.39 is 17.7 Å². The van der Waals surface area contributed by atoms with Crippen LogP contribution in [0.15, 0.2) is 48.5 Å². The van der Waals surface area contributed by atoms with Crippen LogP contribution in [-0.4, -0.2) is 17.6 Å². The minimum absolute atomic E-state index is 0.177. The van der Waals surface area contributed by atoms with Crippen LogP contribution in [0.2, 0.25) is 0 Å². The van der Waals surface area contributed by atoms with Gasteiger partial charge in [0.25, 0.3) is 0 Å². The summed E-state index contributed by atoms with van der Waals surface area (Å²) >= 11 is 0. The molecule has 0 saturated heterocycles. The monoisotopic (exact) mass is 331 g/mol. The fraction of sp³-hybridized carbons (Fsp3) is 0.316. The van der Waals surface area contributed by atoms with Crippen LogP contribution in [0.1, 0.15) is 36.0 Å². The average Bonchev–Trinajstić information content (AvgIpc) is 3.38. The third-order valence-electron chi connectivity index (χ3n) is 4.41. The number of hydrogen-bond donors (Lipinski definition) is 2. The Labute approximate surface area is 139 Å². The van der Waals surface area contributed by atoms with Crippen molar-refractivity contribution in [3.8, 4) is 0 Å². The molecule has 0 aromatic heterocycles. The van der Waals surface area contributed by atoms with E-state index >= 15 is 0 Å². The third-order valence-corrected chi connectivity index (χ3v) is 4.41. The first kappa shape index (κ1) is 16.6. The normalized spacial score (nSPS) is 20.5. The van der Waals surface area contributed by atoms with Gasteiger partial charge < -0.3 is 10.4 Å². The molecule has 5 heteroatoms. The molecule has 2 aromatic rings. The Morgan fingerprint density at radius 2 is 1.92 bits per heavy atom. The van der Waals surface area contributed by atoms with Crippen LogP contribution in [-0.2, 0) is 4.79 Å². The molecule has 3 atom stereocenters. The molecule has 1 aliphatic rings. The largest absolute Gasteiger partial charge is 0.388 e. The zero-order valence-electron chi connectivity index (χ0n) is 13.1. The molecule has 3 unspecified atom stereocenters. The fourth-order valence-corrected chi connectivity index (χ4v) is 2.94. The molecule has 2 N–H and O–H groups in total. The lowest BCUT2D eigenvalue weighted by Gasteiger charge is -2.11. The summed E-state index contributed by atoms with van der Waals surface area (Å²) in [6.07, 6.45) is 0.289. The van der Waals surface area contributed by atoms with Gasteiger partial charge in [0.2, 0.25) is 5.91 Å². The molecule has 1 saturated carbocycles. The summed E-state index contributed by atoms with van der Waals surface area (Å²) in [4.78, 5) is 12.1. The highest BCUT2D eigenvalue weighted by Gasteiger charge is 2.45. The first-order chi connectivity index (χ1) is 11.6. The maximum Gasteiger partial charge on any atom is 0.223 e. The van der Waals surface area contributed by atoms with Crippen molar-refractivity contribution < 1.29 is 18.7 Å². The van der Waals surface area contributed by atoms with E-state index in [4.69, 9.17) is 0 Å². The van der Waals surface area contributed by atoms with Crippen LogP contribution in [0.25, 0.3) is 0 Å². The van der Waals surface area contributed by atoms with Crippen molar-refractivity contribution in [2.24, 2.45) is 5.92 Å². The summed E-state index contributed by atoms with van der Waals surface area (Å²) in [5.74, 6) is -2.51. The zero-order chi connectivity index (χ0) is 17.1. The molecule has 0 heterocycles. The lowest BCUT2D eigenvalue weighted by molar-refractivity contribution is -0.122. The molecule has 0 spiro atoms. The maximum atomic E-state index is 13.7. The average molecular weight is 331 g/mol. The van der Waals surface area contributed by atoms with Crippen molar-refractivity contribution in [1.82, 2.24) is 5.32 Å². The highest BCUT2D eigenvalue weighted by atomic mass is 19.2. The van der Waals surface area contributed by atoms with Crippen LogP contribution >= 0.6 is 0 Å². The van der Waals surface area contributed by atoms with Gasteiger partial charge in [-0.3, -0.25) is 4.79 Å². The van der Waals surface area contributed by atoms with Gasteiger partial charge in [0, 0.05) is 12.5 Å². The molecule has 126 valence electrons. The minimum Gasteiger partial charge on any atom is -0.388 e. The second-order valence-electron chi connectivity index (χ2n) is 6.10. The van der Waals surface area contributed by atoms with E-state index in [0.717, 1.165) is 11.6 Å². The van der Waals surface area contributed by atoms with E-state index in [1.165, 1.54) is 12.1 Å². The molecular formula is C19H19F2NO2. The molecule has 0 radical (unpaired) electrons. The highest BCUT2D eigenvalue weighted by molar-refractivity contribution is 5.82. The first-order valence-electron chi connectivity index (χ1n) is 8.02. The highest BCUT2D eigenvalue weighted by Crippen LogP contribution is 2.48. The van der Waals surface area contributed by atoms with Gasteiger partial charge in [0.1, 0.15) is 0 Å². The van der Waals surface area contributed by atoms with Crippen LogP contribution in [0.5, 0.6) is 0 Å². The summed E-state index contributed by atoms with van der Waals surface area (Å²) in [7, 11) is 0. The number of benzene rings is 2. The van der Waals surface area contributed by atoms with Gasteiger partial charge in [-0.05, 0) is 36.0 Å². The SMILES string of the molecule is O=C(NCCC(O)c1ccccc1)C1CC1c1cccc(F)c1F. The van der Waals surface area contributed by atoms with Gasteiger partial charge in [-0.1, -0.05) is 42.5 Å². The standard InChI is InChI=1S/C19H19F2NO2/c20-16-8-4-7-13(18(16)21)14-11-15(14)19(24)22-10-9-17(23)12-5-2-1-3-6-12/h1-8,14-15,17,23H,9-11H2,(H,22,24). The summed E-state index contributed by atoms with van der Waals surface area (Å²) in [6, 6.07) is 13.3. The Hall–Kier alpha value is -2.27. The number of halogens is 2. The van der Waals surface area contributed by atoms with Crippen molar-refractivity contribution in [2.45, 2.75) is 24.9 Å². The number of aliphatic hydroxyl groups excluding tert-OH is 1. The Balaban J connectivity index is 1.48. The molecule has 24 heavy (non-hydrogen) atoms. The van der Waals surface area contributed by atoms with E-state index in [9.17, 15) is 18.7 Å². The van der Waals surface area contributed by atoms with Crippen molar-refractivity contribution in [1.29, 1.82) is 0 Å². The van der Waals surface area contributed by atoms with Gasteiger partial charge in [0.05, 0.1) is 6.10 Å². The molecular weight excluding hydrogens is 312 g/mol. The van der Waals surface area contributed by atoms with E-state index in [2.05, 4.69) is 5.32 Å². The van der Waals surface area contributed by atoms with Gasteiger partial charge in [-0.25, -0.2) is 8.78 Å². The zero-order valence-corrected chi connectivity index (χ0v) is 13.1. The number of carbonyl (C=O) groups excluding carboxylic acids is 1. The number of hydrogen-bond acceptors (Lipinski definition) is 2. The van der Waals surface area contributed by atoms with E-state index in [1.54, 1.807) is 0 Å². The van der Waals surface area contributed by atoms with Crippen LogP contribution < -0.4 is 5.32 Å². The van der Waals surface area contributed by atoms with E-state index in [-0.39, 0.29) is 23.3 Å². The Kier molecular flexibility index (Phi) is 4.90. The topological polar surface area (TPSA) is 49.3 Å². The lowest BCUT2D eigenvalue weighted by Crippen LogP contribution is -2.27. The van der Waals surface area contributed by atoms with Crippen LogP contribution in [0.4, 0.5) is 8.78 Å². The molecule has 3 nitrogen and oxygen atoms in total. The molecule has 2 aromatic carbocycles. The maximum absolute atomic E-state index is 13.7. The smallest absolute Gasteiger partial charge is 0.223 e. The Bertz CT molecular complexity index is 721. The number of nitrogens with one attached hydrogen (secondary N) is 1. The second kappa shape index (κ2) is 7.09. The van der Waals surface area contributed by atoms with Crippen LogP contribution in [0, 0.1) is 17.6 Å². The number of rotatable bonds is 6. The number of aliphatic hydroxyl groups is 1. The number of carbonyl (C=O) groups is 1. The van der Waals surface area contributed by atoms with E-state index in [1.807, 2.05) is 30.3 Å². The summed E-state index contributed by atoms with van der Waals surface area (Å²) in [5.41, 5.74) is 1.07. The molecule has 3 rings (SSSR count). The summed E-state index contributed by atoms with van der Waals surface area (Å²) < 4.78 is 27.0. The third kappa shape index (κ3) is 3.62. The predicted molar refractivity (Wildman–Crippen MR) is 86.2 cm³/mol. The number of amides is 1. The second-order valence-corrected chi connectivity index (χ2v) is 6.10. The fourth-order valence-electron chi connectivity index (χ4n) is 2.94. The van der Waals surface area contributed by atoms with Crippen molar-refractivity contribution in [3.05, 3.63) is 71.3 Å². The molecule has 1 fully saturated rings. The van der Waals surface area contributed by atoms with Gasteiger partial charge in [-0.15, -0.1) is 0 Å². The molecule has 0 bridgehead atoms. The molecule has 0 aliphatic heterocycles. The Morgan fingerprint density at radius 1 is 1.17 bits per heavy atom. The van der Waals surface area contributed by atoms with Gasteiger partial charge >= 0.3 is 0 Å². The predicted octanol–water partition coefficient (Wildman–Crippen LogP) is 3.31. The van der Waals surface area contributed by atoms with Gasteiger partial charge in [-0.2, -0.15) is 0 Å². The Morgan fingerprint density at radius 3 is 2.67 bits per heavy atom. The molecule has 1 amide bonds. The first-order valence-corrected chi connectivity index (χ1v) is 8.02. The summed E-state index contributed by atoms with van der Waals surface area (Å²) in [6.45, 7) is 0.337. The van der Waals surface area contributed by atoms with Crippen molar-refractivity contribution in [3.63, 3.8) is 0 Å². The van der Waals surface area contributed by atoms with Gasteiger partial charge in [0.15, 0.2) is 11.6 Å². The van der Waals surface area contributed by atoms with E-state index in [0.29, 0.717) is 19.4 Å². The van der Waals surface area contributed by atoms with Crippen LogP contribution in [0.3, 0.4) is 0 Å². The van der Waals surface area contributed by atoms with Crippen molar-refractivity contribution in [2.75, 3.05) is 6.54 Å². The lowest BCUT2D eigenvalue weighted by atomic mass is 10.1. The minimum atomic E-state index is -0.885. The quantitative estimate of drug-likeness (QED) is 0.853. The van der Waals surface area contributed by atoms with Crippen molar-refractivity contribution >= 4 is 5.91 Å².